The Bertz CT molecular complexity index is 872. The fraction of sp³-hybridized carbons (Fsp3) is 0.294. The number of benzene rings is 1. The number of carbonyl (C=O) groups excluding carboxylic acids is 1. The summed E-state index contributed by atoms with van der Waals surface area (Å²) in [7, 11) is -3.59. The van der Waals surface area contributed by atoms with Crippen LogP contribution in [0.15, 0.2) is 41.4 Å². The first-order valence-corrected chi connectivity index (χ1v) is 9.20. The molecule has 1 saturated carbocycles. The lowest BCUT2D eigenvalue weighted by atomic mass is 10.1. The predicted octanol–water partition coefficient (Wildman–Crippen LogP) is 2.39. The molecular formula is C17H19N3O3S. The number of carbonyl (C=O) groups is 1. The molecule has 7 heteroatoms. The summed E-state index contributed by atoms with van der Waals surface area (Å²) in [5, 5.41) is 2.69. The average molecular weight is 345 g/mol. The number of amides is 1. The number of nitrogens with zero attached hydrogens (tertiary/aromatic N) is 1. The van der Waals surface area contributed by atoms with E-state index in [1.807, 2.05) is 13.0 Å². The van der Waals surface area contributed by atoms with Crippen LogP contribution in [-0.4, -0.2) is 25.4 Å². The lowest BCUT2D eigenvalue weighted by Gasteiger charge is -2.10. The minimum atomic E-state index is -3.59. The third-order valence-electron chi connectivity index (χ3n) is 3.82. The highest BCUT2D eigenvalue weighted by Crippen LogP contribution is 2.23. The van der Waals surface area contributed by atoms with Gasteiger partial charge in [-0.3, -0.25) is 4.79 Å². The van der Waals surface area contributed by atoms with Crippen LogP contribution in [0, 0.1) is 13.8 Å². The second-order valence-corrected chi connectivity index (χ2v) is 7.76. The summed E-state index contributed by atoms with van der Waals surface area (Å²) in [4.78, 5) is 16.7. The molecule has 1 aliphatic rings. The largest absolute Gasteiger partial charge is 0.307 e. The minimum absolute atomic E-state index is 0.0188. The molecule has 24 heavy (non-hydrogen) atoms. The van der Waals surface area contributed by atoms with E-state index in [0.29, 0.717) is 16.9 Å². The molecule has 1 aliphatic carbocycles. The molecule has 1 amide bonds. The van der Waals surface area contributed by atoms with Crippen molar-refractivity contribution < 1.29 is 13.2 Å². The summed E-state index contributed by atoms with van der Waals surface area (Å²) in [5.74, 6) is 0.0432. The first-order valence-electron chi connectivity index (χ1n) is 7.72. The maximum Gasteiger partial charge on any atom is 0.257 e. The van der Waals surface area contributed by atoms with Gasteiger partial charge in [0.05, 0.1) is 4.90 Å². The molecular weight excluding hydrogens is 326 g/mol. The highest BCUT2D eigenvalue weighted by Gasteiger charge is 2.28. The standard InChI is InChI=1S/C17H19N3O3S/c1-11-3-8-16(18-10-11)19-17(21)15-9-14(7-4-12(15)2)24(22,23)20-13-5-6-13/h3-4,7-10,13,20H,5-6H2,1-2H3,(H,18,19,21). The lowest BCUT2D eigenvalue weighted by Crippen LogP contribution is -2.26. The second kappa shape index (κ2) is 6.33. The van der Waals surface area contributed by atoms with Gasteiger partial charge in [0.25, 0.3) is 5.91 Å². The number of aromatic nitrogens is 1. The van der Waals surface area contributed by atoms with E-state index < -0.39 is 10.0 Å². The lowest BCUT2D eigenvalue weighted by molar-refractivity contribution is 0.102. The summed E-state index contributed by atoms with van der Waals surface area (Å²) in [6.07, 6.45) is 3.37. The highest BCUT2D eigenvalue weighted by atomic mass is 32.2. The fourth-order valence-electron chi connectivity index (χ4n) is 2.23. The Morgan fingerprint density at radius 3 is 2.54 bits per heavy atom. The van der Waals surface area contributed by atoms with Crippen molar-refractivity contribution in [3.05, 3.63) is 53.2 Å². The maximum atomic E-state index is 12.5. The van der Waals surface area contributed by atoms with Crippen LogP contribution < -0.4 is 10.0 Å². The van der Waals surface area contributed by atoms with Crippen LogP contribution in [0.5, 0.6) is 0 Å². The Balaban J connectivity index is 1.85. The molecule has 0 unspecified atom stereocenters. The van der Waals surface area contributed by atoms with Gasteiger partial charge in [0.2, 0.25) is 10.0 Å². The van der Waals surface area contributed by atoms with Crippen molar-refractivity contribution in [3.8, 4) is 0 Å². The molecule has 1 heterocycles. The number of hydrogen-bond acceptors (Lipinski definition) is 4. The van der Waals surface area contributed by atoms with Crippen LogP contribution >= 0.6 is 0 Å². The van der Waals surface area contributed by atoms with Gasteiger partial charge in [-0.2, -0.15) is 0 Å². The first kappa shape index (κ1) is 16.6. The third kappa shape index (κ3) is 3.80. The molecule has 1 fully saturated rings. The predicted molar refractivity (Wildman–Crippen MR) is 91.4 cm³/mol. The van der Waals surface area contributed by atoms with E-state index in [0.717, 1.165) is 18.4 Å². The zero-order valence-electron chi connectivity index (χ0n) is 13.5. The van der Waals surface area contributed by atoms with E-state index in [1.54, 1.807) is 25.3 Å². The van der Waals surface area contributed by atoms with Crippen LogP contribution in [0.4, 0.5) is 5.82 Å². The molecule has 0 bridgehead atoms. The molecule has 126 valence electrons. The van der Waals surface area contributed by atoms with Crippen LogP contribution in [0.2, 0.25) is 0 Å². The number of nitrogens with one attached hydrogen (secondary N) is 2. The van der Waals surface area contributed by atoms with Crippen LogP contribution in [-0.2, 0) is 10.0 Å². The molecule has 0 aliphatic heterocycles. The van der Waals surface area contributed by atoms with Gasteiger partial charge in [0.1, 0.15) is 5.82 Å². The van der Waals surface area contributed by atoms with Gasteiger partial charge in [0.15, 0.2) is 0 Å². The van der Waals surface area contributed by atoms with Crippen molar-refractivity contribution in [1.82, 2.24) is 9.71 Å². The Morgan fingerprint density at radius 1 is 1.17 bits per heavy atom. The summed E-state index contributed by atoms with van der Waals surface area (Å²) in [6.45, 7) is 3.67. The monoisotopic (exact) mass is 345 g/mol. The molecule has 2 aromatic rings. The summed E-state index contributed by atoms with van der Waals surface area (Å²) in [5.41, 5.74) is 2.00. The maximum absolute atomic E-state index is 12.5. The van der Waals surface area contributed by atoms with Gasteiger partial charge in [0, 0.05) is 17.8 Å². The van der Waals surface area contributed by atoms with Crippen molar-refractivity contribution in [2.45, 2.75) is 37.6 Å². The minimum Gasteiger partial charge on any atom is -0.307 e. The molecule has 6 nitrogen and oxygen atoms in total. The zero-order chi connectivity index (χ0) is 17.3. The van der Waals surface area contributed by atoms with Crippen molar-refractivity contribution in [2.24, 2.45) is 0 Å². The quantitative estimate of drug-likeness (QED) is 0.871. The molecule has 1 aromatic carbocycles. The number of sulfonamides is 1. The van der Waals surface area contributed by atoms with E-state index in [2.05, 4.69) is 15.0 Å². The molecule has 0 radical (unpaired) electrons. The normalized spacial score (nSPS) is 14.4. The number of rotatable bonds is 5. The first-order chi connectivity index (χ1) is 11.3. The average Bonchev–Trinajstić information content (AvgIpc) is 3.33. The summed E-state index contributed by atoms with van der Waals surface area (Å²) in [6, 6.07) is 8.13. The molecule has 0 spiro atoms. The number of anilines is 1. The van der Waals surface area contributed by atoms with Gasteiger partial charge in [-0.05, 0) is 56.0 Å². The summed E-state index contributed by atoms with van der Waals surface area (Å²) < 4.78 is 27.2. The summed E-state index contributed by atoms with van der Waals surface area (Å²) >= 11 is 0. The van der Waals surface area contributed by atoms with E-state index in [4.69, 9.17) is 0 Å². The zero-order valence-corrected chi connectivity index (χ0v) is 14.4. The van der Waals surface area contributed by atoms with Crippen LogP contribution in [0.1, 0.15) is 34.3 Å². The van der Waals surface area contributed by atoms with E-state index in [9.17, 15) is 13.2 Å². The number of hydrogen-bond donors (Lipinski definition) is 2. The van der Waals surface area contributed by atoms with Crippen molar-refractivity contribution in [1.29, 1.82) is 0 Å². The van der Waals surface area contributed by atoms with Gasteiger partial charge >= 0.3 is 0 Å². The van der Waals surface area contributed by atoms with E-state index >= 15 is 0 Å². The van der Waals surface area contributed by atoms with Gasteiger partial charge in [-0.25, -0.2) is 18.1 Å². The second-order valence-electron chi connectivity index (χ2n) is 6.05. The smallest absolute Gasteiger partial charge is 0.257 e. The molecule has 1 aromatic heterocycles. The Kier molecular flexibility index (Phi) is 4.38. The van der Waals surface area contributed by atoms with Crippen LogP contribution in [0.3, 0.4) is 0 Å². The highest BCUT2D eigenvalue weighted by molar-refractivity contribution is 7.89. The Labute approximate surface area is 141 Å². The van der Waals surface area contributed by atoms with Crippen molar-refractivity contribution >= 4 is 21.7 Å². The van der Waals surface area contributed by atoms with Gasteiger partial charge < -0.3 is 5.32 Å². The Morgan fingerprint density at radius 2 is 1.92 bits per heavy atom. The number of aryl methyl sites for hydroxylation is 2. The van der Waals surface area contributed by atoms with Crippen LogP contribution in [0.25, 0.3) is 0 Å². The molecule has 0 atom stereocenters. The number of pyridine rings is 1. The Hall–Kier alpha value is -2.25. The van der Waals surface area contributed by atoms with Gasteiger partial charge in [-0.15, -0.1) is 0 Å². The third-order valence-corrected chi connectivity index (χ3v) is 5.33. The van der Waals surface area contributed by atoms with Crippen molar-refractivity contribution in [2.75, 3.05) is 5.32 Å². The fourth-order valence-corrected chi connectivity index (χ4v) is 3.56. The topological polar surface area (TPSA) is 88.2 Å². The van der Waals surface area contributed by atoms with E-state index in [-0.39, 0.29) is 16.8 Å². The molecule has 3 rings (SSSR count). The van der Waals surface area contributed by atoms with Crippen molar-refractivity contribution in [3.63, 3.8) is 0 Å². The van der Waals surface area contributed by atoms with E-state index in [1.165, 1.54) is 12.1 Å². The van der Waals surface area contributed by atoms with Gasteiger partial charge in [-0.1, -0.05) is 12.1 Å². The SMILES string of the molecule is Cc1ccc(NC(=O)c2cc(S(=O)(=O)NC3CC3)ccc2C)nc1. The molecule has 2 N–H and O–H groups in total. The molecule has 0 saturated heterocycles.